The van der Waals surface area contributed by atoms with Crippen LogP contribution in [0, 0.1) is 6.92 Å². The van der Waals surface area contributed by atoms with Gasteiger partial charge in [-0.2, -0.15) is 0 Å². The van der Waals surface area contributed by atoms with Crippen LogP contribution in [0.15, 0.2) is 194 Å². The third kappa shape index (κ3) is 4.66. The standard InChI is InChI=1S/C55H35IN4/c1-34-13-11-17-38(31-34)59-51-33-36(25-26-41(51)42-27-29-49-52(54(42)59)44-20-6-8-22-46(44)57(49)37-15-3-2-4-16-37)35-14-12-18-39(32-35)58-47-23-9-7-21-45(47)53-50(58)30-28-43-40-19-5-10-24-48(40)60(56)55(43)53/h2-33H,1H3. The molecule has 5 heteroatoms. The summed E-state index contributed by atoms with van der Waals surface area (Å²) in [6, 6.07) is 71.5. The van der Waals surface area contributed by atoms with Crippen molar-refractivity contribution in [1.82, 2.24) is 16.5 Å². The Balaban J connectivity index is 1.07. The van der Waals surface area contributed by atoms with E-state index >= 15 is 0 Å². The van der Waals surface area contributed by atoms with Gasteiger partial charge in [-0.3, -0.25) is 2.78 Å². The maximum atomic E-state index is 2.51. The van der Waals surface area contributed by atoms with Gasteiger partial charge in [-0.15, -0.1) is 0 Å². The molecule has 0 aliphatic rings. The molecule has 0 bridgehead atoms. The smallest absolute Gasteiger partial charge is 0.0690 e. The topological polar surface area (TPSA) is 19.7 Å². The minimum Gasteiger partial charge on any atom is -0.309 e. The van der Waals surface area contributed by atoms with Gasteiger partial charge in [0.25, 0.3) is 0 Å². The highest BCUT2D eigenvalue weighted by atomic mass is 127. The van der Waals surface area contributed by atoms with E-state index < -0.39 is 0 Å². The number of hydrogen-bond acceptors (Lipinski definition) is 0. The predicted molar refractivity (Wildman–Crippen MR) is 262 cm³/mol. The predicted octanol–water partition coefficient (Wildman–Crippen LogP) is 15.3. The van der Waals surface area contributed by atoms with Crippen LogP contribution in [0.5, 0.6) is 0 Å². The fraction of sp³-hybridized carbons (Fsp3) is 0.0182. The summed E-state index contributed by atoms with van der Waals surface area (Å²) in [5.41, 5.74) is 16.8. The zero-order chi connectivity index (χ0) is 39.6. The Hall–Kier alpha value is -7.09. The third-order valence-electron chi connectivity index (χ3n) is 12.7. The molecule has 0 amide bonds. The first-order chi connectivity index (χ1) is 29.6. The van der Waals surface area contributed by atoms with Gasteiger partial charge in [0, 0.05) is 60.2 Å². The minimum atomic E-state index is 1.14. The quantitative estimate of drug-likeness (QED) is 0.157. The number of fused-ring (bicyclic) bond motifs is 14. The molecule has 0 saturated heterocycles. The van der Waals surface area contributed by atoms with Crippen LogP contribution in [-0.4, -0.2) is 16.5 Å². The second kappa shape index (κ2) is 12.7. The lowest BCUT2D eigenvalue weighted by Crippen LogP contribution is -1.96. The summed E-state index contributed by atoms with van der Waals surface area (Å²) >= 11 is 2.49. The zero-order valence-corrected chi connectivity index (χ0v) is 34.8. The molecule has 0 saturated carbocycles. The second-order valence-corrected chi connectivity index (χ2v) is 17.0. The molecular weight excluding hydrogens is 844 g/mol. The monoisotopic (exact) mass is 878 g/mol. The lowest BCUT2D eigenvalue weighted by molar-refractivity contribution is 1.17. The average Bonchev–Trinajstić information content (AvgIpc) is 4.01. The molecule has 0 atom stereocenters. The van der Waals surface area contributed by atoms with E-state index in [9.17, 15) is 0 Å². The van der Waals surface area contributed by atoms with E-state index in [1.165, 1.54) is 104 Å². The molecule has 4 aromatic heterocycles. The Morgan fingerprint density at radius 1 is 0.317 bits per heavy atom. The molecule has 60 heavy (non-hydrogen) atoms. The van der Waals surface area contributed by atoms with Crippen molar-refractivity contribution in [3.05, 3.63) is 200 Å². The second-order valence-electron chi connectivity index (χ2n) is 16.0. The van der Waals surface area contributed by atoms with Crippen LogP contribution in [0.1, 0.15) is 5.56 Å². The van der Waals surface area contributed by atoms with Crippen LogP contribution < -0.4 is 0 Å². The van der Waals surface area contributed by atoms with E-state index in [1.807, 2.05) is 0 Å². The van der Waals surface area contributed by atoms with Crippen molar-refractivity contribution in [2.75, 3.05) is 0 Å². The molecule has 13 rings (SSSR count). The summed E-state index contributed by atoms with van der Waals surface area (Å²) in [5.74, 6) is 0. The van der Waals surface area contributed by atoms with Crippen molar-refractivity contribution in [1.29, 1.82) is 0 Å². The maximum Gasteiger partial charge on any atom is 0.0690 e. The highest BCUT2D eigenvalue weighted by molar-refractivity contribution is 14.1. The van der Waals surface area contributed by atoms with Crippen LogP contribution in [0.4, 0.5) is 0 Å². The number of para-hydroxylation sites is 4. The van der Waals surface area contributed by atoms with E-state index in [-0.39, 0.29) is 0 Å². The van der Waals surface area contributed by atoms with Crippen molar-refractivity contribution < 1.29 is 0 Å². The molecule has 0 aliphatic carbocycles. The van der Waals surface area contributed by atoms with Gasteiger partial charge in [-0.1, -0.05) is 121 Å². The number of nitrogens with zero attached hydrogens (tertiary/aromatic N) is 4. The van der Waals surface area contributed by atoms with Gasteiger partial charge in [-0.05, 0) is 96.4 Å². The summed E-state index contributed by atoms with van der Waals surface area (Å²) < 4.78 is 9.71. The number of aromatic nitrogens is 4. The fourth-order valence-corrected chi connectivity index (χ4v) is 11.1. The maximum absolute atomic E-state index is 2.51. The van der Waals surface area contributed by atoms with Crippen molar-refractivity contribution in [2.24, 2.45) is 0 Å². The van der Waals surface area contributed by atoms with E-state index in [1.54, 1.807) is 0 Å². The lowest BCUT2D eigenvalue weighted by atomic mass is 10.0. The molecule has 9 aromatic carbocycles. The first kappa shape index (κ1) is 33.8. The van der Waals surface area contributed by atoms with Crippen LogP contribution in [0.25, 0.3) is 115 Å². The van der Waals surface area contributed by atoms with Gasteiger partial charge < -0.3 is 13.7 Å². The lowest BCUT2D eigenvalue weighted by Gasteiger charge is -2.12. The molecule has 0 unspecified atom stereocenters. The summed E-state index contributed by atoms with van der Waals surface area (Å²) in [7, 11) is 0. The number of rotatable bonds is 4. The van der Waals surface area contributed by atoms with E-state index in [0.29, 0.717) is 0 Å². The first-order valence-electron chi connectivity index (χ1n) is 20.5. The molecule has 0 N–H and O–H groups in total. The number of benzene rings is 9. The summed E-state index contributed by atoms with van der Waals surface area (Å²) in [6.45, 7) is 2.19. The fourth-order valence-electron chi connectivity index (χ4n) is 10.2. The third-order valence-corrected chi connectivity index (χ3v) is 13.7. The van der Waals surface area contributed by atoms with Gasteiger partial charge in [-0.25, -0.2) is 0 Å². The van der Waals surface area contributed by atoms with E-state index in [2.05, 4.69) is 240 Å². The Morgan fingerprint density at radius 3 is 1.55 bits per heavy atom. The van der Waals surface area contributed by atoms with E-state index in [4.69, 9.17) is 0 Å². The Morgan fingerprint density at radius 2 is 0.833 bits per heavy atom. The molecule has 0 radical (unpaired) electrons. The molecule has 4 heterocycles. The molecule has 0 aliphatic heterocycles. The SMILES string of the molecule is Cc1cccc(-n2c3cc(-c4cccc(-n5c6ccccc6c6c7c(ccc65)c5ccccc5n7I)c4)ccc3c3ccc4c(c5ccccc5n4-c4ccccc4)c32)c1. The highest BCUT2D eigenvalue weighted by Crippen LogP contribution is 2.44. The summed E-state index contributed by atoms with van der Waals surface area (Å²) in [4.78, 5) is 0. The van der Waals surface area contributed by atoms with Gasteiger partial charge in [0.2, 0.25) is 0 Å². The van der Waals surface area contributed by atoms with Crippen molar-refractivity contribution in [3.8, 4) is 28.2 Å². The van der Waals surface area contributed by atoms with Crippen molar-refractivity contribution in [3.63, 3.8) is 0 Å². The molecular formula is C55H35IN4. The number of halogens is 1. The average molecular weight is 879 g/mol. The molecule has 0 spiro atoms. The highest BCUT2D eigenvalue weighted by Gasteiger charge is 2.23. The van der Waals surface area contributed by atoms with Crippen LogP contribution in [-0.2, 0) is 0 Å². The normalized spacial score (nSPS) is 12.2. The van der Waals surface area contributed by atoms with E-state index in [0.717, 1.165) is 17.1 Å². The summed E-state index contributed by atoms with van der Waals surface area (Å²) in [5, 5.41) is 10.1. The Kier molecular flexibility index (Phi) is 7.16. The zero-order valence-electron chi connectivity index (χ0n) is 32.6. The van der Waals surface area contributed by atoms with Gasteiger partial charge >= 0.3 is 0 Å². The van der Waals surface area contributed by atoms with Gasteiger partial charge in [0.15, 0.2) is 0 Å². The van der Waals surface area contributed by atoms with Gasteiger partial charge in [0.1, 0.15) is 0 Å². The number of hydrogen-bond donors (Lipinski definition) is 0. The minimum absolute atomic E-state index is 1.14. The van der Waals surface area contributed by atoms with Crippen LogP contribution in [0.3, 0.4) is 0 Å². The van der Waals surface area contributed by atoms with Crippen molar-refractivity contribution >= 4 is 110 Å². The Labute approximate surface area is 359 Å². The molecule has 282 valence electrons. The van der Waals surface area contributed by atoms with Crippen LogP contribution >= 0.6 is 22.9 Å². The molecule has 0 fully saturated rings. The van der Waals surface area contributed by atoms with Crippen LogP contribution in [0.2, 0.25) is 0 Å². The molecule has 4 nitrogen and oxygen atoms in total. The van der Waals surface area contributed by atoms with Crippen molar-refractivity contribution in [2.45, 2.75) is 6.92 Å². The van der Waals surface area contributed by atoms with Gasteiger partial charge in [0.05, 0.1) is 67.0 Å². The molecule has 13 aromatic rings. The number of aryl methyl sites for hydroxylation is 1. The summed E-state index contributed by atoms with van der Waals surface area (Å²) in [6.07, 6.45) is 0. The Bertz CT molecular complexity index is 3910. The largest absolute Gasteiger partial charge is 0.309 e. The first-order valence-corrected chi connectivity index (χ1v) is 21.4.